The Balaban J connectivity index is 2.12. The molecule has 2 nitrogen and oxygen atoms in total. The van der Waals surface area contributed by atoms with Gasteiger partial charge in [0.1, 0.15) is 5.75 Å². The Morgan fingerprint density at radius 1 is 1.22 bits per heavy atom. The van der Waals surface area contributed by atoms with E-state index in [1.807, 2.05) is 12.1 Å². The van der Waals surface area contributed by atoms with E-state index in [-0.39, 0.29) is 0 Å². The first-order valence-electron chi connectivity index (χ1n) is 6.41. The molecule has 0 saturated heterocycles. The Morgan fingerprint density at radius 2 is 1.89 bits per heavy atom. The number of rotatable bonds is 4. The molecule has 0 bridgehead atoms. The molecule has 0 heterocycles. The monoisotopic (exact) mass is 375 g/mol. The number of hydrogen-bond donors (Lipinski definition) is 1. The van der Waals surface area contributed by atoms with Crippen molar-refractivity contribution in [1.82, 2.24) is 0 Å². The molecular weight excluding hydrogens is 358 g/mol. The summed E-state index contributed by atoms with van der Waals surface area (Å²) in [6, 6.07) is 4.58. The van der Waals surface area contributed by atoms with Gasteiger partial charge in [-0.25, -0.2) is 0 Å². The predicted molar refractivity (Wildman–Crippen MR) is 83.4 cm³/mol. The molecule has 1 aliphatic carbocycles. The molecule has 0 radical (unpaired) electrons. The molecule has 1 aliphatic rings. The summed E-state index contributed by atoms with van der Waals surface area (Å²) < 4.78 is 7.38. The molecule has 0 aliphatic heterocycles. The van der Waals surface area contributed by atoms with Crippen LogP contribution in [0, 0.1) is 5.92 Å². The summed E-state index contributed by atoms with van der Waals surface area (Å²) in [6.07, 6.45) is 5.45. The Kier molecular flexibility index (Phi) is 4.96. The van der Waals surface area contributed by atoms with Crippen molar-refractivity contribution in [3.63, 3.8) is 0 Å². The van der Waals surface area contributed by atoms with E-state index < -0.39 is 0 Å². The van der Waals surface area contributed by atoms with Gasteiger partial charge in [-0.05, 0) is 63.6 Å². The van der Waals surface area contributed by atoms with Crippen molar-refractivity contribution in [2.75, 3.05) is 12.4 Å². The summed E-state index contributed by atoms with van der Waals surface area (Å²) in [4.78, 5) is 0. The van der Waals surface area contributed by atoms with Crippen molar-refractivity contribution >= 4 is 37.5 Å². The molecule has 18 heavy (non-hydrogen) atoms. The first kappa shape index (κ1) is 14.2. The average Bonchev–Trinajstić information content (AvgIpc) is 2.86. The van der Waals surface area contributed by atoms with Crippen molar-refractivity contribution < 1.29 is 4.74 Å². The van der Waals surface area contributed by atoms with E-state index in [1.165, 1.54) is 25.7 Å². The van der Waals surface area contributed by atoms with Crippen LogP contribution in [0.2, 0.25) is 0 Å². The SMILES string of the molecule is COc1cc(NC(C)C2CCCC2)c(Br)cc1Br. The first-order chi connectivity index (χ1) is 8.61. The number of benzene rings is 1. The van der Waals surface area contributed by atoms with E-state index in [2.05, 4.69) is 44.1 Å². The highest BCUT2D eigenvalue weighted by Crippen LogP contribution is 2.36. The van der Waals surface area contributed by atoms with Crippen LogP contribution in [0.4, 0.5) is 5.69 Å². The predicted octanol–water partition coefficient (Wildman–Crippen LogP) is 5.21. The average molecular weight is 377 g/mol. The second-order valence-corrected chi connectivity index (χ2v) is 6.65. The molecule has 1 unspecified atom stereocenters. The number of ether oxygens (including phenoxy) is 1. The summed E-state index contributed by atoms with van der Waals surface area (Å²) in [5, 5.41) is 3.61. The highest BCUT2D eigenvalue weighted by molar-refractivity contribution is 9.11. The van der Waals surface area contributed by atoms with Gasteiger partial charge in [-0.2, -0.15) is 0 Å². The summed E-state index contributed by atoms with van der Waals surface area (Å²) >= 11 is 7.09. The van der Waals surface area contributed by atoms with Crippen LogP contribution in [0.3, 0.4) is 0 Å². The maximum Gasteiger partial charge on any atom is 0.135 e. The van der Waals surface area contributed by atoms with Crippen molar-refractivity contribution in [3.8, 4) is 5.75 Å². The number of nitrogens with one attached hydrogen (secondary N) is 1. The maximum atomic E-state index is 5.34. The molecule has 1 fully saturated rings. The third-order valence-corrected chi connectivity index (χ3v) is 5.01. The van der Waals surface area contributed by atoms with E-state index in [1.54, 1.807) is 7.11 Å². The van der Waals surface area contributed by atoms with Crippen LogP contribution in [-0.2, 0) is 0 Å². The van der Waals surface area contributed by atoms with Crippen LogP contribution < -0.4 is 10.1 Å². The largest absolute Gasteiger partial charge is 0.495 e. The van der Waals surface area contributed by atoms with Crippen LogP contribution in [0.5, 0.6) is 5.75 Å². The van der Waals surface area contributed by atoms with Gasteiger partial charge in [0.05, 0.1) is 17.3 Å². The lowest BCUT2D eigenvalue weighted by atomic mass is 9.99. The molecule has 1 aromatic rings. The second kappa shape index (κ2) is 6.29. The lowest BCUT2D eigenvalue weighted by Crippen LogP contribution is -2.23. The van der Waals surface area contributed by atoms with E-state index in [4.69, 9.17) is 4.74 Å². The highest BCUT2D eigenvalue weighted by atomic mass is 79.9. The number of hydrogen-bond acceptors (Lipinski definition) is 2. The van der Waals surface area contributed by atoms with Gasteiger partial charge in [0, 0.05) is 16.6 Å². The molecule has 1 atom stereocenters. The Bertz CT molecular complexity index is 417. The fourth-order valence-corrected chi connectivity index (χ4v) is 3.89. The van der Waals surface area contributed by atoms with Gasteiger partial charge in [-0.1, -0.05) is 12.8 Å². The molecule has 0 spiro atoms. The van der Waals surface area contributed by atoms with E-state index in [0.717, 1.165) is 26.3 Å². The van der Waals surface area contributed by atoms with Gasteiger partial charge in [0.15, 0.2) is 0 Å². The smallest absolute Gasteiger partial charge is 0.135 e. The van der Waals surface area contributed by atoms with Gasteiger partial charge in [-0.15, -0.1) is 0 Å². The van der Waals surface area contributed by atoms with E-state index in [0.29, 0.717) is 6.04 Å². The van der Waals surface area contributed by atoms with Crippen LogP contribution >= 0.6 is 31.9 Å². The van der Waals surface area contributed by atoms with Crippen molar-refractivity contribution in [2.45, 2.75) is 38.6 Å². The summed E-state index contributed by atoms with van der Waals surface area (Å²) in [6.45, 7) is 2.27. The van der Waals surface area contributed by atoms with Crippen molar-refractivity contribution in [1.29, 1.82) is 0 Å². The maximum absolute atomic E-state index is 5.34. The molecular formula is C14H19Br2NO. The fraction of sp³-hybridized carbons (Fsp3) is 0.571. The van der Waals surface area contributed by atoms with Gasteiger partial charge >= 0.3 is 0 Å². The second-order valence-electron chi connectivity index (χ2n) is 4.94. The third-order valence-electron chi connectivity index (χ3n) is 3.73. The van der Waals surface area contributed by atoms with Gasteiger partial charge in [-0.3, -0.25) is 0 Å². The molecule has 100 valence electrons. The Labute approximate surface area is 126 Å². The summed E-state index contributed by atoms with van der Waals surface area (Å²) in [5.41, 5.74) is 1.11. The topological polar surface area (TPSA) is 21.3 Å². The lowest BCUT2D eigenvalue weighted by molar-refractivity contribution is 0.412. The van der Waals surface area contributed by atoms with Crippen molar-refractivity contribution in [3.05, 3.63) is 21.1 Å². The fourth-order valence-electron chi connectivity index (χ4n) is 2.62. The van der Waals surface area contributed by atoms with Crippen LogP contribution in [-0.4, -0.2) is 13.2 Å². The zero-order chi connectivity index (χ0) is 13.1. The normalized spacial score (nSPS) is 17.8. The van der Waals surface area contributed by atoms with Crippen LogP contribution in [0.1, 0.15) is 32.6 Å². The van der Waals surface area contributed by atoms with Gasteiger partial charge in [0.25, 0.3) is 0 Å². The zero-order valence-electron chi connectivity index (χ0n) is 10.8. The standard InChI is InChI=1S/C14H19Br2NO/c1-9(10-5-3-4-6-10)17-13-8-14(18-2)12(16)7-11(13)15/h7-10,17H,3-6H2,1-2H3. The minimum atomic E-state index is 0.509. The molecule has 1 aromatic carbocycles. The third kappa shape index (κ3) is 3.21. The van der Waals surface area contributed by atoms with Crippen LogP contribution in [0.25, 0.3) is 0 Å². The number of halogens is 2. The molecule has 1 N–H and O–H groups in total. The molecule has 0 amide bonds. The minimum absolute atomic E-state index is 0.509. The molecule has 2 rings (SSSR count). The van der Waals surface area contributed by atoms with E-state index >= 15 is 0 Å². The number of methoxy groups -OCH3 is 1. The molecule has 0 aromatic heterocycles. The van der Waals surface area contributed by atoms with Crippen molar-refractivity contribution in [2.24, 2.45) is 5.92 Å². The Morgan fingerprint density at radius 3 is 2.50 bits per heavy atom. The van der Waals surface area contributed by atoms with E-state index in [9.17, 15) is 0 Å². The summed E-state index contributed by atoms with van der Waals surface area (Å²) in [5.74, 6) is 1.66. The number of anilines is 1. The quantitative estimate of drug-likeness (QED) is 0.778. The van der Waals surface area contributed by atoms with Crippen LogP contribution in [0.15, 0.2) is 21.1 Å². The molecule has 4 heteroatoms. The lowest BCUT2D eigenvalue weighted by Gasteiger charge is -2.23. The molecule has 1 saturated carbocycles. The minimum Gasteiger partial charge on any atom is -0.495 e. The first-order valence-corrected chi connectivity index (χ1v) is 8.00. The summed E-state index contributed by atoms with van der Waals surface area (Å²) in [7, 11) is 1.69. The van der Waals surface area contributed by atoms with Gasteiger partial charge in [0.2, 0.25) is 0 Å². The Hall–Kier alpha value is -0.220. The zero-order valence-corrected chi connectivity index (χ0v) is 14.0. The van der Waals surface area contributed by atoms with Gasteiger partial charge < -0.3 is 10.1 Å². The highest BCUT2D eigenvalue weighted by Gasteiger charge is 2.22.